The molecule has 7 rings (SSSR count). The van der Waals surface area contributed by atoms with E-state index in [4.69, 9.17) is 18.9 Å². The number of aromatic amines is 1. The third-order valence-electron chi connectivity index (χ3n) is 9.12. The number of carbonyl (C=O) groups is 2. The number of hydrogen-bond acceptors (Lipinski definition) is 7. The molecule has 0 saturated carbocycles. The maximum Gasteiger partial charge on any atom is 0.410 e. The summed E-state index contributed by atoms with van der Waals surface area (Å²) in [5, 5.41) is 0.900. The molecule has 3 atom stereocenters. The predicted molar refractivity (Wildman–Crippen MR) is 164 cm³/mol. The van der Waals surface area contributed by atoms with E-state index in [1.54, 1.807) is 12.0 Å². The highest BCUT2D eigenvalue weighted by Crippen LogP contribution is 2.38. The molecule has 1 N–H and O–H groups in total. The number of nitrogens with one attached hydrogen (secondary N) is 1. The lowest BCUT2D eigenvalue weighted by atomic mass is 9.87. The molecule has 0 aliphatic carbocycles. The Morgan fingerprint density at radius 3 is 2.59 bits per heavy atom. The Labute approximate surface area is 257 Å². The van der Waals surface area contributed by atoms with Crippen molar-refractivity contribution < 1.29 is 28.5 Å². The van der Waals surface area contributed by atoms with E-state index in [2.05, 4.69) is 28.2 Å². The van der Waals surface area contributed by atoms with E-state index < -0.39 is 5.60 Å². The number of ether oxygens (including phenoxy) is 4. The Hall–Kier alpha value is -3.83. The first kappa shape index (κ1) is 28.9. The third-order valence-corrected chi connectivity index (χ3v) is 9.12. The highest BCUT2D eigenvalue weighted by Gasteiger charge is 2.39. The first-order valence-corrected chi connectivity index (χ1v) is 15.6. The lowest BCUT2D eigenvalue weighted by Gasteiger charge is -2.41. The molecule has 6 heterocycles. The molecule has 2 unspecified atom stereocenters. The number of rotatable bonds is 3. The molecule has 234 valence electrons. The molecule has 2 aromatic heterocycles. The molecular formula is C33H41N5O6. The maximum atomic E-state index is 13.8. The summed E-state index contributed by atoms with van der Waals surface area (Å²) in [5.41, 5.74) is 5.29. The van der Waals surface area contributed by atoms with Gasteiger partial charge >= 0.3 is 12.1 Å². The molecule has 4 aliphatic rings. The summed E-state index contributed by atoms with van der Waals surface area (Å²) < 4.78 is 23.4. The van der Waals surface area contributed by atoms with Gasteiger partial charge in [0.15, 0.2) is 0 Å². The van der Waals surface area contributed by atoms with Crippen LogP contribution in [-0.4, -0.2) is 101 Å². The smallest absolute Gasteiger partial charge is 0.410 e. The molecule has 1 aromatic carbocycles. The van der Waals surface area contributed by atoms with E-state index in [9.17, 15) is 9.59 Å². The van der Waals surface area contributed by atoms with Crippen LogP contribution in [0.4, 0.5) is 9.59 Å². The van der Waals surface area contributed by atoms with Crippen LogP contribution in [-0.2, 0) is 27.2 Å². The molecule has 3 saturated heterocycles. The number of carbonyl (C=O) groups excluding carboxylic acids is 2. The molecule has 0 spiro atoms. The van der Waals surface area contributed by atoms with Crippen LogP contribution in [0.3, 0.4) is 0 Å². The number of H-pyrrole nitrogens is 1. The summed E-state index contributed by atoms with van der Waals surface area (Å²) in [7, 11) is 1.65. The number of pyridine rings is 1. The minimum Gasteiger partial charge on any atom is -0.494 e. The zero-order valence-corrected chi connectivity index (χ0v) is 25.9. The quantitative estimate of drug-likeness (QED) is 0.454. The van der Waals surface area contributed by atoms with Crippen molar-refractivity contribution >= 4 is 23.2 Å². The van der Waals surface area contributed by atoms with E-state index in [1.807, 2.05) is 43.0 Å². The van der Waals surface area contributed by atoms with Crippen LogP contribution in [0.5, 0.6) is 5.75 Å². The first-order valence-electron chi connectivity index (χ1n) is 15.6. The van der Waals surface area contributed by atoms with Crippen LogP contribution in [0.2, 0.25) is 0 Å². The van der Waals surface area contributed by atoms with Gasteiger partial charge in [-0.3, -0.25) is 4.90 Å². The van der Waals surface area contributed by atoms with E-state index in [0.717, 1.165) is 51.9 Å². The van der Waals surface area contributed by atoms with Gasteiger partial charge in [-0.15, -0.1) is 0 Å². The fraction of sp³-hybridized carbons (Fsp3) is 0.545. The number of hydrogen-bond donors (Lipinski definition) is 1. The van der Waals surface area contributed by atoms with Crippen LogP contribution in [0.1, 0.15) is 56.3 Å². The van der Waals surface area contributed by atoms with Crippen LogP contribution in [0.15, 0.2) is 30.6 Å². The average molecular weight is 604 g/mol. The topological polar surface area (TPSA) is 109 Å². The molecule has 44 heavy (non-hydrogen) atoms. The summed E-state index contributed by atoms with van der Waals surface area (Å²) in [4.78, 5) is 40.8. The second-order valence-electron chi connectivity index (χ2n) is 13.3. The van der Waals surface area contributed by atoms with Crippen molar-refractivity contribution in [1.82, 2.24) is 24.7 Å². The molecule has 3 amide bonds. The first-order chi connectivity index (χ1) is 21.2. The van der Waals surface area contributed by atoms with Crippen LogP contribution in [0, 0.1) is 0 Å². The van der Waals surface area contributed by atoms with Gasteiger partial charge in [0, 0.05) is 50.7 Å². The fourth-order valence-corrected chi connectivity index (χ4v) is 7.00. The monoisotopic (exact) mass is 603 g/mol. The fourth-order valence-electron chi connectivity index (χ4n) is 7.00. The van der Waals surface area contributed by atoms with Gasteiger partial charge in [0.1, 0.15) is 17.0 Å². The number of benzene rings is 1. The maximum absolute atomic E-state index is 13.8. The van der Waals surface area contributed by atoms with Gasteiger partial charge in [0.25, 0.3) is 0 Å². The number of likely N-dealkylation sites (tertiary alicyclic amines) is 1. The molecule has 11 nitrogen and oxygen atoms in total. The molecule has 11 heteroatoms. The van der Waals surface area contributed by atoms with E-state index in [1.165, 1.54) is 5.56 Å². The van der Waals surface area contributed by atoms with Gasteiger partial charge in [-0.1, -0.05) is 6.07 Å². The molecule has 4 aliphatic heterocycles. The number of aromatic nitrogens is 2. The van der Waals surface area contributed by atoms with Gasteiger partial charge in [-0.2, -0.15) is 0 Å². The molecule has 3 aromatic rings. The molecule has 3 fully saturated rings. The normalized spacial score (nSPS) is 23.5. The summed E-state index contributed by atoms with van der Waals surface area (Å²) in [6.45, 7) is 9.23. The SMILES string of the molecule is COc1c[nH]c2ncc(-c3cc4c(c([C@@H]5COCCN5C(=O)OC(C)(C)C)c3)CN(C(=O)N3CC5CCC(C3)O5)CC4)cc12. The summed E-state index contributed by atoms with van der Waals surface area (Å²) in [6.07, 6.45) is 6.32. The van der Waals surface area contributed by atoms with Crippen molar-refractivity contribution in [1.29, 1.82) is 0 Å². The molecular weight excluding hydrogens is 562 g/mol. The average Bonchev–Trinajstić information content (AvgIpc) is 3.59. The van der Waals surface area contributed by atoms with Crippen LogP contribution >= 0.6 is 0 Å². The van der Waals surface area contributed by atoms with Gasteiger partial charge in [-0.25, -0.2) is 14.6 Å². The van der Waals surface area contributed by atoms with Gasteiger partial charge < -0.3 is 33.7 Å². The summed E-state index contributed by atoms with van der Waals surface area (Å²) in [5.74, 6) is 0.731. The van der Waals surface area contributed by atoms with Crippen molar-refractivity contribution in [2.75, 3.05) is 46.5 Å². The highest BCUT2D eigenvalue weighted by atomic mass is 16.6. The number of fused-ring (bicyclic) bond motifs is 4. The second-order valence-corrected chi connectivity index (χ2v) is 13.3. The second kappa shape index (κ2) is 11.3. The number of urea groups is 1. The van der Waals surface area contributed by atoms with Crippen molar-refractivity contribution in [2.45, 2.75) is 70.4 Å². The van der Waals surface area contributed by atoms with Gasteiger partial charge in [0.05, 0.1) is 44.0 Å². The molecule has 2 bridgehead atoms. The Morgan fingerprint density at radius 2 is 1.84 bits per heavy atom. The van der Waals surface area contributed by atoms with Gasteiger partial charge in [-0.05, 0) is 74.4 Å². The number of morpholine rings is 2. The number of methoxy groups -OCH3 is 1. The Bertz CT molecular complexity index is 1570. The standard InChI is InChI=1S/C33H41N5O6/c1-33(2,3)44-32(40)38-9-10-42-19-28(38)25-12-21(22-13-26-29(41-4)15-35-30(26)34-14-22)11-20-7-8-36(18-27(20)25)31(39)37-16-23-5-6-24(17-37)43-23/h11-15,23-24,28H,5-10,16-19H2,1-4H3,(H,34,35)/t23?,24?,28-/m0/s1. The number of amides is 3. The van der Waals surface area contributed by atoms with E-state index in [-0.39, 0.29) is 30.4 Å². The largest absolute Gasteiger partial charge is 0.494 e. The van der Waals surface area contributed by atoms with Crippen molar-refractivity contribution in [3.8, 4) is 16.9 Å². The minimum absolute atomic E-state index is 0.0592. The van der Waals surface area contributed by atoms with Crippen LogP contribution in [0.25, 0.3) is 22.2 Å². The van der Waals surface area contributed by atoms with Crippen molar-refractivity contribution in [2.24, 2.45) is 0 Å². The lowest BCUT2D eigenvalue weighted by Crippen LogP contribution is -2.52. The van der Waals surface area contributed by atoms with E-state index >= 15 is 0 Å². The minimum atomic E-state index is -0.626. The predicted octanol–water partition coefficient (Wildman–Crippen LogP) is 4.89. The van der Waals surface area contributed by atoms with Crippen molar-refractivity contribution in [3.05, 3.63) is 47.3 Å². The summed E-state index contributed by atoms with van der Waals surface area (Å²) in [6, 6.07) is 6.13. The van der Waals surface area contributed by atoms with Crippen molar-refractivity contribution in [3.63, 3.8) is 0 Å². The lowest BCUT2D eigenvalue weighted by molar-refractivity contribution is -0.0337. The Balaban J connectivity index is 1.27. The highest BCUT2D eigenvalue weighted by molar-refractivity contribution is 5.87. The Kier molecular flexibility index (Phi) is 7.40. The zero-order valence-electron chi connectivity index (χ0n) is 25.9. The summed E-state index contributed by atoms with van der Waals surface area (Å²) >= 11 is 0. The third kappa shape index (κ3) is 5.47. The van der Waals surface area contributed by atoms with Crippen LogP contribution < -0.4 is 4.74 Å². The number of nitrogens with zero attached hydrogens (tertiary/aromatic N) is 4. The van der Waals surface area contributed by atoms with Gasteiger partial charge in [0.2, 0.25) is 0 Å². The zero-order chi connectivity index (χ0) is 30.6. The molecule has 0 radical (unpaired) electrons. The Morgan fingerprint density at radius 1 is 1.05 bits per heavy atom. The van der Waals surface area contributed by atoms with E-state index in [0.29, 0.717) is 52.4 Å².